The Hall–Kier alpha value is -3.13. The van der Waals surface area contributed by atoms with E-state index in [9.17, 15) is 20.0 Å². The van der Waals surface area contributed by atoms with Crippen LogP contribution in [0.1, 0.15) is 37.3 Å². The van der Waals surface area contributed by atoms with Crippen LogP contribution in [0.2, 0.25) is 5.02 Å². The van der Waals surface area contributed by atoms with Crippen molar-refractivity contribution in [3.63, 3.8) is 0 Å². The van der Waals surface area contributed by atoms with Crippen molar-refractivity contribution in [2.24, 2.45) is 5.10 Å². The van der Waals surface area contributed by atoms with Crippen LogP contribution in [-0.2, 0) is 4.79 Å². The zero-order valence-corrected chi connectivity index (χ0v) is 16.1. The molecule has 0 aromatic heterocycles. The zero-order valence-electron chi connectivity index (χ0n) is 15.4. The van der Waals surface area contributed by atoms with E-state index in [0.29, 0.717) is 11.7 Å². The van der Waals surface area contributed by atoms with E-state index in [2.05, 4.69) is 24.4 Å². The SMILES string of the molecule is CC[C@H](C)c1ccc(OCC(=O)N/N=C\c2cc(Cl)cc([N+](=O)[O-])c2O)cc1. The standard InChI is InChI=1S/C19H20ClN3O5/c1-3-12(2)13-4-6-16(7-5-13)28-11-18(24)22-21-10-14-8-15(20)9-17(19(14)25)23(26)27/h4-10,12,25H,3,11H2,1-2H3,(H,22,24)/b21-10-/t12-/m0/s1. The van der Waals surface area contributed by atoms with Crippen molar-refractivity contribution in [2.45, 2.75) is 26.2 Å². The number of nitrogens with zero attached hydrogens (tertiary/aromatic N) is 2. The molecule has 0 aliphatic carbocycles. The van der Waals surface area contributed by atoms with Gasteiger partial charge in [0, 0.05) is 16.7 Å². The van der Waals surface area contributed by atoms with Crippen molar-refractivity contribution in [3.05, 3.63) is 62.7 Å². The highest BCUT2D eigenvalue weighted by Crippen LogP contribution is 2.32. The zero-order chi connectivity index (χ0) is 20.7. The molecule has 0 saturated heterocycles. The molecule has 0 spiro atoms. The molecule has 0 saturated carbocycles. The Bertz CT molecular complexity index is 884. The Morgan fingerprint density at radius 3 is 2.68 bits per heavy atom. The van der Waals surface area contributed by atoms with Gasteiger partial charge in [0.05, 0.1) is 11.1 Å². The highest BCUT2D eigenvalue weighted by molar-refractivity contribution is 6.31. The molecule has 0 bridgehead atoms. The maximum Gasteiger partial charge on any atom is 0.312 e. The predicted octanol–water partition coefficient (Wildman–Crippen LogP) is 4.00. The average molecular weight is 406 g/mol. The van der Waals surface area contributed by atoms with Crippen LogP contribution in [0.15, 0.2) is 41.5 Å². The number of rotatable bonds is 8. The fourth-order valence-electron chi connectivity index (χ4n) is 2.33. The molecule has 0 heterocycles. The minimum absolute atomic E-state index is 0.000973. The van der Waals surface area contributed by atoms with Gasteiger partial charge < -0.3 is 9.84 Å². The van der Waals surface area contributed by atoms with Gasteiger partial charge in [0.15, 0.2) is 6.61 Å². The summed E-state index contributed by atoms with van der Waals surface area (Å²) in [6.07, 6.45) is 2.10. The Morgan fingerprint density at radius 2 is 2.07 bits per heavy atom. The van der Waals surface area contributed by atoms with Crippen LogP contribution in [0.3, 0.4) is 0 Å². The van der Waals surface area contributed by atoms with Crippen molar-refractivity contribution in [3.8, 4) is 11.5 Å². The van der Waals surface area contributed by atoms with E-state index in [0.717, 1.165) is 18.7 Å². The van der Waals surface area contributed by atoms with Gasteiger partial charge in [-0.05, 0) is 36.1 Å². The number of phenols is 1. The molecule has 0 radical (unpaired) electrons. The summed E-state index contributed by atoms with van der Waals surface area (Å²) in [6.45, 7) is 3.98. The number of hydrogen-bond donors (Lipinski definition) is 2. The lowest BCUT2D eigenvalue weighted by molar-refractivity contribution is -0.385. The van der Waals surface area contributed by atoms with Gasteiger partial charge in [-0.2, -0.15) is 5.10 Å². The van der Waals surface area contributed by atoms with E-state index >= 15 is 0 Å². The lowest BCUT2D eigenvalue weighted by Crippen LogP contribution is -2.24. The molecule has 0 unspecified atom stereocenters. The topological polar surface area (TPSA) is 114 Å². The predicted molar refractivity (Wildman–Crippen MR) is 106 cm³/mol. The number of amides is 1. The van der Waals surface area contributed by atoms with Crippen molar-refractivity contribution < 1.29 is 19.6 Å². The summed E-state index contributed by atoms with van der Waals surface area (Å²) < 4.78 is 5.39. The van der Waals surface area contributed by atoms with Gasteiger partial charge in [0.25, 0.3) is 5.91 Å². The van der Waals surface area contributed by atoms with Gasteiger partial charge >= 0.3 is 5.69 Å². The van der Waals surface area contributed by atoms with Crippen molar-refractivity contribution in [2.75, 3.05) is 6.61 Å². The van der Waals surface area contributed by atoms with Crippen molar-refractivity contribution in [1.82, 2.24) is 5.43 Å². The number of halogens is 1. The number of nitrogens with one attached hydrogen (secondary N) is 1. The van der Waals surface area contributed by atoms with E-state index < -0.39 is 22.3 Å². The molecule has 2 N–H and O–H groups in total. The van der Waals surface area contributed by atoms with E-state index in [4.69, 9.17) is 16.3 Å². The molecular weight excluding hydrogens is 386 g/mol. The van der Waals surface area contributed by atoms with E-state index in [1.165, 1.54) is 11.6 Å². The second-order valence-electron chi connectivity index (χ2n) is 6.08. The highest BCUT2D eigenvalue weighted by Gasteiger charge is 2.17. The number of ether oxygens (including phenoxy) is 1. The van der Waals surface area contributed by atoms with Crippen LogP contribution in [0.5, 0.6) is 11.5 Å². The monoisotopic (exact) mass is 405 g/mol. The van der Waals surface area contributed by atoms with Crippen molar-refractivity contribution in [1.29, 1.82) is 0 Å². The van der Waals surface area contributed by atoms with Crippen LogP contribution in [0.25, 0.3) is 0 Å². The molecule has 2 aromatic carbocycles. The summed E-state index contributed by atoms with van der Waals surface area (Å²) in [5.41, 5.74) is 2.86. The van der Waals surface area contributed by atoms with Gasteiger partial charge in [0.1, 0.15) is 5.75 Å². The van der Waals surface area contributed by atoms with Gasteiger partial charge in [-0.15, -0.1) is 0 Å². The second kappa shape index (κ2) is 9.70. The highest BCUT2D eigenvalue weighted by atomic mass is 35.5. The van der Waals surface area contributed by atoms with Crippen LogP contribution < -0.4 is 10.2 Å². The normalized spacial score (nSPS) is 12.0. The molecule has 148 valence electrons. The number of aromatic hydroxyl groups is 1. The van der Waals surface area contributed by atoms with Gasteiger partial charge in [-0.3, -0.25) is 14.9 Å². The molecule has 8 nitrogen and oxygen atoms in total. The lowest BCUT2D eigenvalue weighted by Gasteiger charge is -2.10. The minimum Gasteiger partial charge on any atom is -0.502 e. The molecule has 2 rings (SSSR count). The molecular formula is C19H20ClN3O5. The number of benzene rings is 2. The van der Waals surface area contributed by atoms with E-state index in [1.54, 1.807) is 12.1 Å². The maximum atomic E-state index is 11.8. The Morgan fingerprint density at radius 1 is 1.39 bits per heavy atom. The molecule has 1 amide bonds. The largest absolute Gasteiger partial charge is 0.502 e. The molecule has 0 aliphatic rings. The first-order chi connectivity index (χ1) is 13.3. The first-order valence-corrected chi connectivity index (χ1v) is 8.91. The van der Waals surface area contributed by atoms with Gasteiger partial charge in [-0.1, -0.05) is 37.6 Å². The van der Waals surface area contributed by atoms with Gasteiger partial charge in [0.2, 0.25) is 5.75 Å². The summed E-state index contributed by atoms with van der Waals surface area (Å²) in [5.74, 6) is -0.122. The first kappa shape index (κ1) is 21.2. The number of hydrazone groups is 1. The number of nitro benzene ring substituents is 1. The Labute approximate surface area is 166 Å². The average Bonchev–Trinajstić information content (AvgIpc) is 2.68. The third-order valence-electron chi connectivity index (χ3n) is 4.11. The molecule has 2 aromatic rings. The quantitative estimate of drug-likeness (QED) is 0.391. The van der Waals surface area contributed by atoms with Crippen molar-refractivity contribution >= 4 is 29.4 Å². The second-order valence-corrected chi connectivity index (χ2v) is 6.52. The van der Waals surface area contributed by atoms with Crippen LogP contribution in [0, 0.1) is 10.1 Å². The van der Waals surface area contributed by atoms with Crippen LogP contribution >= 0.6 is 11.6 Å². The lowest BCUT2D eigenvalue weighted by atomic mass is 9.99. The number of hydrogen-bond acceptors (Lipinski definition) is 6. The summed E-state index contributed by atoms with van der Waals surface area (Å²) in [5, 5.41) is 24.4. The minimum atomic E-state index is -0.766. The van der Waals surface area contributed by atoms with E-state index in [1.807, 2.05) is 12.1 Å². The molecule has 0 aliphatic heterocycles. The number of nitro groups is 1. The van der Waals surface area contributed by atoms with Crippen LogP contribution in [0.4, 0.5) is 5.69 Å². The third-order valence-corrected chi connectivity index (χ3v) is 4.32. The maximum absolute atomic E-state index is 11.8. The summed E-state index contributed by atoms with van der Waals surface area (Å²) in [6, 6.07) is 9.80. The van der Waals surface area contributed by atoms with Gasteiger partial charge in [-0.25, -0.2) is 5.43 Å². The van der Waals surface area contributed by atoms with E-state index in [-0.39, 0.29) is 17.2 Å². The fraction of sp³-hybridized carbons (Fsp3) is 0.263. The molecule has 1 atom stereocenters. The molecule has 9 heteroatoms. The number of carbonyl (C=O) groups is 1. The smallest absolute Gasteiger partial charge is 0.312 e. The third kappa shape index (κ3) is 5.68. The summed E-state index contributed by atoms with van der Waals surface area (Å²) >= 11 is 5.78. The Kier molecular flexibility index (Phi) is 7.34. The number of carbonyl (C=O) groups excluding carboxylic acids is 1. The van der Waals surface area contributed by atoms with Crippen LogP contribution in [-0.4, -0.2) is 28.8 Å². The number of phenolic OH excluding ortho intramolecular Hbond substituents is 1. The fourth-order valence-corrected chi connectivity index (χ4v) is 2.55. The molecule has 0 fully saturated rings. The molecule has 28 heavy (non-hydrogen) atoms. The summed E-state index contributed by atoms with van der Waals surface area (Å²) in [4.78, 5) is 21.9. The first-order valence-electron chi connectivity index (χ1n) is 8.53. The summed E-state index contributed by atoms with van der Waals surface area (Å²) in [7, 11) is 0. The Balaban J connectivity index is 1.91.